The molecule has 0 aliphatic carbocycles. The Bertz CT molecular complexity index is 574. The van der Waals surface area contributed by atoms with Crippen LogP contribution in [0.3, 0.4) is 0 Å². The van der Waals surface area contributed by atoms with Crippen molar-refractivity contribution in [3.8, 4) is 0 Å². The van der Waals surface area contributed by atoms with Crippen molar-refractivity contribution in [2.75, 3.05) is 6.61 Å². The van der Waals surface area contributed by atoms with Crippen LogP contribution in [0.4, 0.5) is 0 Å². The first-order valence-electron chi connectivity index (χ1n) is 17.6. The summed E-state index contributed by atoms with van der Waals surface area (Å²) < 4.78 is 0. The molecule has 40 heavy (non-hydrogen) atoms. The fourth-order valence-electron chi connectivity index (χ4n) is 5.19. The average Bonchev–Trinajstić information content (AvgIpc) is 2.96. The summed E-state index contributed by atoms with van der Waals surface area (Å²) in [6, 6.07) is -0.631. The highest BCUT2D eigenvalue weighted by Gasteiger charge is 2.17. The van der Waals surface area contributed by atoms with Crippen molar-refractivity contribution in [3.63, 3.8) is 0 Å². The maximum atomic E-state index is 12.3. The minimum absolute atomic E-state index is 0.0747. The fourth-order valence-corrected chi connectivity index (χ4v) is 5.19. The van der Waals surface area contributed by atoms with E-state index in [0.717, 1.165) is 32.1 Å². The lowest BCUT2D eigenvalue weighted by Gasteiger charge is -2.19. The molecule has 0 aliphatic heterocycles. The number of amides is 1. The van der Waals surface area contributed by atoms with Crippen molar-refractivity contribution >= 4 is 5.91 Å². The first-order valence-corrected chi connectivity index (χ1v) is 17.6. The van der Waals surface area contributed by atoms with Crippen LogP contribution in [0.15, 0.2) is 24.3 Å². The molecule has 4 heteroatoms. The third-order valence-corrected chi connectivity index (χ3v) is 7.94. The van der Waals surface area contributed by atoms with Gasteiger partial charge < -0.3 is 15.5 Å². The largest absolute Gasteiger partial charge is 0.394 e. The number of aliphatic hydroxyl groups excluding tert-OH is 2. The van der Waals surface area contributed by atoms with Gasteiger partial charge in [-0.15, -0.1) is 0 Å². The van der Waals surface area contributed by atoms with Gasteiger partial charge in [-0.05, 0) is 32.1 Å². The van der Waals surface area contributed by atoms with Crippen molar-refractivity contribution in [1.82, 2.24) is 5.32 Å². The molecule has 0 saturated heterocycles. The standard InChI is InChI=1S/C36H69NO3/c1-3-5-7-9-11-13-15-16-17-18-19-20-22-24-26-28-30-32-36(40)37-34(33-38)35(39)31-29-27-25-23-21-14-12-10-8-6-4-2/h21,23,29,31,34-35,38-39H,3-20,22,24-28,30,32-33H2,1-2H3,(H,37,40)/b23-21+,31-29+/t34-,35+/m0/s1. The fraction of sp³-hybridized carbons (Fsp3) is 0.861. The number of hydrogen-bond donors (Lipinski definition) is 3. The highest BCUT2D eigenvalue weighted by atomic mass is 16.3. The Morgan fingerprint density at radius 1 is 0.575 bits per heavy atom. The minimum atomic E-state index is -0.855. The number of carbonyl (C=O) groups is 1. The molecule has 0 bridgehead atoms. The SMILES string of the molecule is CCCCCCC/C=C/CC/C=C/[C@@H](O)[C@H](CO)NC(=O)CCCCCCCCCCCCCCCCCCC. The van der Waals surface area contributed by atoms with E-state index in [-0.39, 0.29) is 12.5 Å². The summed E-state index contributed by atoms with van der Waals surface area (Å²) in [4.78, 5) is 12.3. The Hall–Kier alpha value is -1.13. The number of aliphatic hydroxyl groups is 2. The molecule has 236 valence electrons. The molecule has 0 rings (SSSR count). The zero-order valence-corrected chi connectivity index (χ0v) is 26.9. The Labute approximate surface area is 249 Å². The minimum Gasteiger partial charge on any atom is -0.394 e. The van der Waals surface area contributed by atoms with Crippen molar-refractivity contribution in [3.05, 3.63) is 24.3 Å². The summed E-state index contributed by atoms with van der Waals surface area (Å²) in [7, 11) is 0. The number of carbonyl (C=O) groups excluding carboxylic acids is 1. The van der Waals surface area contributed by atoms with Crippen molar-refractivity contribution in [2.45, 2.75) is 193 Å². The van der Waals surface area contributed by atoms with E-state index in [9.17, 15) is 15.0 Å². The van der Waals surface area contributed by atoms with Gasteiger partial charge in [0.25, 0.3) is 0 Å². The molecule has 0 aromatic heterocycles. The summed E-state index contributed by atoms with van der Waals surface area (Å²) in [6.07, 6.45) is 39.7. The van der Waals surface area contributed by atoms with Gasteiger partial charge in [0.1, 0.15) is 0 Å². The highest BCUT2D eigenvalue weighted by Crippen LogP contribution is 2.14. The van der Waals surface area contributed by atoms with E-state index in [1.807, 2.05) is 6.08 Å². The van der Waals surface area contributed by atoms with E-state index in [1.54, 1.807) is 6.08 Å². The smallest absolute Gasteiger partial charge is 0.220 e. The number of unbranched alkanes of at least 4 members (excludes halogenated alkanes) is 22. The number of rotatable bonds is 31. The summed E-state index contributed by atoms with van der Waals surface area (Å²) >= 11 is 0. The second-order valence-corrected chi connectivity index (χ2v) is 11.9. The molecule has 3 N–H and O–H groups in total. The molecule has 1 amide bonds. The van der Waals surface area contributed by atoms with Gasteiger partial charge in [-0.2, -0.15) is 0 Å². The molecule has 0 aromatic carbocycles. The van der Waals surface area contributed by atoms with Crippen LogP contribution in [-0.2, 0) is 4.79 Å². The maximum Gasteiger partial charge on any atom is 0.220 e. The van der Waals surface area contributed by atoms with Crippen LogP contribution in [0.5, 0.6) is 0 Å². The van der Waals surface area contributed by atoms with E-state index < -0.39 is 12.1 Å². The number of hydrogen-bond acceptors (Lipinski definition) is 3. The van der Waals surface area contributed by atoms with E-state index >= 15 is 0 Å². The van der Waals surface area contributed by atoms with Gasteiger partial charge >= 0.3 is 0 Å². The molecule has 4 nitrogen and oxygen atoms in total. The molecule has 0 saturated carbocycles. The van der Waals surface area contributed by atoms with E-state index in [1.165, 1.54) is 128 Å². The van der Waals surface area contributed by atoms with Gasteiger partial charge in [0.05, 0.1) is 18.8 Å². The lowest BCUT2D eigenvalue weighted by Crippen LogP contribution is -2.45. The molecule has 0 radical (unpaired) electrons. The first-order chi connectivity index (χ1) is 19.7. The highest BCUT2D eigenvalue weighted by molar-refractivity contribution is 5.76. The van der Waals surface area contributed by atoms with Crippen molar-refractivity contribution in [2.24, 2.45) is 0 Å². The summed E-state index contributed by atoms with van der Waals surface area (Å²) in [5, 5.41) is 22.8. The maximum absolute atomic E-state index is 12.3. The van der Waals surface area contributed by atoms with Gasteiger partial charge in [-0.3, -0.25) is 4.79 Å². The summed E-state index contributed by atoms with van der Waals surface area (Å²) in [5.74, 6) is -0.0747. The van der Waals surface area contributed by atoms with Crippen LogP contribution in [0.1, 0.15) is 181 Å². The van der Waals surface area contributed by atoms with Crippen LogP contribution < -0.4 is 5.32 Å². The third-order valence-electron chi connectivity index (χ3n) is 7.94. The Balaban J connectivity index is 3.62. The molecule has 0 spiro atoms. The predicted molar refractivity (Wildman–Crippen MR) is 175 cm³/mol. The van der Waals surface area contributed by atoms with E-state index in [0.29, 0.717) is 6.42 Å². The number of nitrogens with one attached hydrogen (secondary N) is 1. The van der Waals surface area contributed by atoms with Crippen LogP contribution in [0, 0.1) is 0 Å². The monoisotopic (exact) mass is 564 g/mol. The molecule has 0 aliphatic rings. The quantitative estimate of drug-likeness (QED) is 0.0580. The van der Waals surface area contributed by atoms with Gasteiger partial charge in [0, 0.05) is 6.42 Å². The molecule has 0 aromatic rings. The predicted octanol–water partition coefficient (Wildman–Crippen LogP) is 10.1. The number of allylic oxidation sites excluding steroid dienone is 3. The van der Waals surface area contributed by atoms with Gasteiger partial charge in [-0.25, -0.2) is 0 Å². The summed E-state index contributed by atoms with van der Waals surface area (Å²) in [5.41, 5.74) is 0. The Morgan fingerprint density at radius 3 is 1.45 bits per heavy atom. The zero-order chi connectivity index (χ0) is 29.4. The summed E-state index contributed by atoms with van der Waals surface area (Å²) in [6.45, 7) is 4.26. The molecular formula is C36H69NO3. The van der Waals surface area contributed by atoms with Crippen LogP contribution in [0.25, 0.3) is 0 Å². The molecular weight excluding hydrogens is 494 g/mol. The second-order valence-electron chi connectivity index (χ2n) is 11.9. The third kappa shape index (κ3) is 28.4. The van der Waals surface area contributed by atoms with E-state index in [4.69, 9.17) is 0 Å². The van der Waals surface area contributed by atoms with E-state index in [2.05, 4.69) is 31.3 Å². The van der Waals surface area contributed by atoms with Gasteiger partial charge in [0.2, 0.25) is 5.91 Å². The van der Waals surface area contributed by atoms with Crippen molar-refractivity contribution < 1.29 is 15.0 Å². The Morgan fingerprint density at radius 2 is 0.975 bits per heavy atom. The second kappa shape index (κ2) is 32.4. The van der Waals surface area contributed by atoms with Crippen LogP contribution >= 0.6 is 0 Å². The van der Waals surface area contributed by atoms with Crippen LogP contribution in [-0.4, -0.2) is 34.9 Å². The van der Waals surface area contributed by atoms with Gasteiger partial charge in [-0.1, -0.05) is 167 Å². The lowest BCUT2D eigenvalue weighted by molar-refractivity contribution is -0.123. The normalized spacial score (nSPS) is 13.4. The topological polar surface area (TPSA) is 69.6 Å². The zero-order valence-electron chi connectivity index (χ0n) is 26.9. The van der Waals surface area contributed by atoms with Crippen molar-refractivity contribution in [1.29, 1.82) is 0 Å². The lowest BCUT2D eigenvalue weighted by atomic mass is 10.0. The molecule has 0 unspecified atom stereocenters. The average molecular weight is 564 g/mol. The molecule has 0 heterocycles. The molecule has 0 fully saturated rings. The van der Waals surface area contributed by atoms with Crippen LogP contribution in [0.2, 0.25) is 0 Å². The molecule has 2 atom stereocenters. The Kier molecular flexibility index (Phi) is 31.5. The first kappa shape index (κ1) is 38.9. The van der Waals surface area contributed by atoms with Gasteiger partial charge in [0.15, 0.2) is 0 Å².